The van der Waals surface area contributed by atoms with Crippen LogP contribution in [-0.4, -0.2) is 19.0 Å². The van der Waals surface area contributed by atoms with E-state index in [0.717, 1.165) is 13.2 Å². The molecule has 0 atom stereocenters. The summed E-state index contributed by atoms with van der Waals surface area (Å²) in [5, 5.41) is 2.16. The van der Waals surface area contributed by atoms with Gasteiger partial charge >= 0.3 is 5.97 Å². The highest BCUT2D eigenvalue weighted by Crippen LogP contribution is 2.31. The number of benzene rings is 1. The van der Waals surface area contributed by atoms with Crippen molar-refractivity contribution in [2.75, 3.05) is 12.4 Å². The van der Waals surface area contributed by atoms with Gasteiger partial charge in [0.2, 0.25) is 5.91 Å². The minimum atomic E-state index is -1.19. The average molecular weight is 227 g/mol. The fourth-order valence-corrected chi connectivity index (χ4v) is 1.61. The van der Waals surface area contributed by atoms with Gasteiger partial charge in [0.1, 0.15) is 0 Å². The second-order valence-electron chi connectivity index (χ2n) is 3.29. The van der Waals surface area contributed by atoms with Gasteiger partial charge in [-0.3, -0.25) is 4.79 Å². The monoisotopic (exact) mass is 227 g/mol. The number of ether oxygens (including phenoxy) is 1. The molecule has 1 N–H and O–H groups in total. The predicted octanol–water partition coefficient (Wildman–Crippen LogP) is 1.25. The van der Waals surface area contributed by atoms with Gasteiger partial charge in [-0.25, -0.2) is 13.6 Å². The SMILES string of the molecule is COC(=O)c1cc(F)c(F)c2c1CC(=O)N2. The number of halogens is 2. The molecule has 0 radical (unpaired) electrons. The molecular formula is C10H7F2NO3. The fraction of sp³-hybridized carbons (Fsp3) is 0.200. The van der Waals surface area contributed by atoms with Crippen LogP contribution in [0.4, 0.5) is 14.5 Å². The summed E-state index contributed by atoms with van der Waals surface area (Å²) >= 11 is 0. The normalized spacial score (nSPS) is 13.3. The molecule has 1 amide bonds. The molecule has 84 valence electrons. The van der Waals surface area contributed by atoms with Gasteiger partial charge in [-0.15, -0.1) is 0 Å². The van der Waals surface area contributed by atoms with Crippen molar-refractivity contribution in [1.82, 2.24) is 0 Å². The standard InChI is InChI=1S/C10H7F2NO3/c1-16-10(15)5-2-6(11)8(12)9-4(5)3-7(14)13-9/h2H,3H2,1H3,(H,13,14). The summed E-state index contributed by atoms with van der Waals surface area (Å²) in [6, 6.07) is 0.736. The van der Waals surface area contributed by atoms with Gasteiger partial charge in [-0.2, -0.15) is 0 Å². The van der Waals surface area contributed by atoms with Gasteiger partial charge < -0.3 is 10.1 Å². The molecular weight excluding hydrogens is 220 g/mol. The van der Waals surface area contributed by atoms with Crippen LogP contribution in [-0.2, 0) is 16.0 Å². The van der Waals surface area contributed by atoms with Crippen LogP contribution in [0.25, 0.3) is 0 Å². The highest BCUT2D eigenvalue weighted by Gasteiger charge is 2.29. The molecule has 1 aromatic rings. The van der Waals surface area contributed by atoms with E-state index in [1.807, 2.05) is 0 Å². The Hall–Kier alpha value is -1.98. The lowest BCUT2D eigenvalue weighted by Gasteiger charge is -2.07. The number of rotatable bonds is 1. The highest BCUT2D eigenvalue weighted by molar-refractivity contribution is 6.04. The van der Waals surface area contributed by atoms with Crippen LogP contribution in [0.15, 0.2) is 6.07 Å². The summed E-state index contributed by atoms with van der Waals surface area (Å²) in [6.07, 6.45) is -0.156. The second-order valence-corrected chi connectivity index (χ2v) is 3.29. The number of amides is 1. The molecule has 1 aliphatic heterocycles. The van der Waals surface area contributed by atoms with Crippen molar-refractivity contribution in [2.24, 2.45) is 0 Å². The summed E-state index contributed by atoms with van der Waals surface area (Å²) in [7, 11) is 1.13. The maximum Gasteiger partial charge on any atom is 0.338 e. The van der Waals surface area contributed by atoms with Crippen LogP contribution in [0.5, 0.6) is 0 Å². The van der Waals surface area contributed by atoms with Crippen molar-refractivity contribution in [1.29, 1.82) is 0 Å². The summed E-state index contributed by atoms with van der Waals surface area (Å²) in [4.78, 5) is 22.4. The Bertz CT molecular complexity index is 499. The van der Waals surface area contributed by atoms with Crippen LogP contribution in [0, 0.1) is 11.6 Å². The summed E-state index contributed by atoms with van der Waals surface area (Å²) < 4.78 is 30.8. The van der Waals surface area contributed by atoms with Crippen LogP contribution in [0.2, 0.25) is 0 Å². The molecule has 0 saturated heterocycles. The maximum atomic E-state index is 13.3. The van der Waals surface area contributed by atoms with Crippen molar-refractivity contribution < 1.29 is 23.1 Å². The zero-order chi connectivity index (χ0) is 11.9. The van der Waals surface area contributed by atoms with Crippen molar-refractivity contribution in [3.05, 3.63) is 28.8 Å². The zero-order valence-corrected chi connectivity index (χ0v) is 8.27. The lowest BCUT2D eigenvalue weighted by Crippen LogP contribution is -2.07. The second kappa shape index (κ2) is 3.55. The van der Waals surface area contributed by atoms with E-state index < -0.39 is 23.5 Å². The number of hydrogen-bond donors (Lipinski definition) is 1. The molecule has 0 saturated carbocycles. The van der Waals surface area contributed by atoms with Gasteiger partial charge in [0.15, 0.2) is 11.6 Å². The summed E-state index contributed by atoms with van der Waals surface area (Å²) in [5.41, 5.74) is -0.268. The first-order valence-corrected chi connectivity index (χ1v) is 4.43. The van der Waals surface area contributed by atoms with Gasteiger partial charge in [-0.05, 0) is 6.07 Å². The number of methoxy groups -OCH3 is 1. The van der Waals surface area contributed by atoms with E-state index in [1.165, 1.54) is 0 Å². The first-order chi connectivity index (χ1) is 7.54. The molecule has 0 spiro atoms. The van der Waals surface area contributed by atoms with Crippen LogP contribution in [0.1, 0.15) is 15.9 Å². The minimum Gasteiger partial charge on any atom is -0.465 e. The minimum absolute atomic E-state index is 0.130. The molecule has 1 aromatic carbocycles. The molecule has 1 heterocycles. The number of carbonyl (C=O) groups excluding carboxylic acids is 2. The molecule has 0 fully saturated rings. The molecule has 0 aromatic heterocycles. The van der Waals surface area contributed by atoms with E-state index in [4.69, 9.17) is 0 Å². The average Bonchev–Trinajstić information content (AvgIpc) is 2.64. The summed E-state index contributed by atoms with van der Waals surface area (Å²) in [6.45, 7) is 0. The highest BCUT2D eigenvalue weighted by atomic mass is 19.2. The maximum absolute atomic E-state index is 13.3. The third kappa shape index (κ3) is 1.42. The molecule has 4 nitrogen and oxygen atoms in total. The number of carbonyl (C=O) groups is 2. The molecule has 0 aliphatic carbocycles. The Morgan fingerprint density at radius 1 is 1.50 bits per heavy atom. The van der Waals surface area contributed by atoms with E-state index in [2.05, 4.69) is 10.1 Å². The van der Waals surface area contributed by atoms with Gasteiger partial charge in [0.05, 0.1) is 24.8 Å². The lowest BCUT2D eigenvalue weighted by molar-refractivity contribution is -0.115. The van der Waals surface area contributed by atoms with Gasteiger partial charge in [0, 0.05) is 5.56 Å². The van der Waals surface area contributed by atoms with Crippen molar-refractivity contribution in [2.45, 2.75) is 6.42 Å². The third-order valence-corrected chi connectivity index (χ3v) is 2.33. The predicted molar refractivity (Wildman–Crippen MR) is 50.0 cm³/mol. The molecule has 2 rings (SSSR count). The smallest absolute Gasteiger partial charge is 0.338 e. The topological polar surface area (TPSA) is 55.4 Å². The first-order valence-electron chi connectivity index (χ1n) is 4.43. The molecule has 1 aliphatic rings. The van der Waals surface area contributed by atoms with E-state index in [-0.39, 0.29) is 23.2 Å². The lowest BCUT2D eigenvalue weighted by atomic mass is 10.0. The third-order valence-electron chi connectivity index (χ3n) is 2.33. The van der Waals surface area contributed by atoms with Crippen LogP contribution >= 0.6 is 0 Å². The number of fused-ring (bicyclic) bond motifs is 1. The van der Waals surface area contributed by atoms with E-state index in [9.17, 15) is 18.4 Å². The number of anilines is 1. The van der Waals surface area contributed by atoms with Crippen molar-refractivity contribution in [3.8, 4) is 0 Å². The zero-order valence-electron chi connectivity index (χ0n) is 8.27. The Morgan fingerprint density at radius 3 is 2.81 bits per heavy atom. The molecule has 6 heteroatoms. The Kier molecular flexibility index (Phi) is 2.34. The quantitative estimate of drug-likeness (QED) is 0.734. The van der Waals surface area contributed by atoms with Gasteiger partial charge in [0.25, 0.3) is 0 Å². The molecule has 0 bridgehead atoms. The van der Waals surface area contributed by atoms with Crippen LogP contribution < -0.4 is 5.32 Å². The van der Waals surface area contributed by atoms with Crippen molar-refractivity contribution >= 4 is 17.6 Å². The fourth-order valence-electron chi connectivity index (χ4n) is 1.61. The van der Waals surface area contributed by atoms with E-state index in [0.29, 0.717) is 0 Å². The van der Waals surface area contributed by atoms with E-state index in [1.54, 1.807) is 0 Å². The summed E-state index contributed by atoms with van der Waals surface area (Å²) in [5.74, 6) is -3.63. The van der Waals surface area contributed by atoms with Crippen molar-refractivity contribution in [3.63, 3.8) is 0 Å². The number of hydrogen-bond acceptors (Lipinski definition) is 3. The first kappa shape index (κ1) is 10.5. The Morgan fingerprint density at radius 2 is 2.19 bits per heavy atom. The number of esters is 1. The Labute approximate surface area is 89.2 Å². The molecule has 16 heavy (non-hydrogen) atoms. The number of nitrogens with one attached hydrogen (secondary N) is 1. The molecule has 0 unspecified atom stereocenters. The Balaban J connectivity index is 2.65. The van der Waals surface area contributed by atoms with Crippen LogP contribution in [0.3, 0.4) is 0 Å². The largest absolute Gasteiger partial charge is 0.465 e. The van der Waals surface area contributed by atoms with Gasteiger partial charge in [-0.1, -0.05) is 0 Å². The van der Waals surface area contributed by atoms with E-state index >= 15 is 0 Å².